The Hall–Kier alpha value is -1.43. The highest BCUT2D eigenvalue weighted by atomic mass is 19.3. The number of ether oxygens (including phenoxy) is 2. The first kappa shape index (κ1) is 32.7. The van der Waals surface area contributed by atoms with E-state index in [1.54, 1.807) is 0 Å². The maximum atomic E-state index is 11.4. The molecule has 1 N–H and O–H groups in total. The van der Waals surface area contributed by atoms with Crippen molar-refractivity contribution in [3.8, 4) is 0 Å². The molecule has 0 spiro atoms. The molecule has 0 radical (unpaired) electrons. The van der Waals surface area contributed by atoms with E-state index in [0.717, 1.165) is 19.3 Å². The zero-order valence-corrected chi connectivity index (χ0v) is 21.8. The van der Waals surface area contributed by atoms with Crippen molar-refractivity contribution in [2.24, 2.45) is 16.8 Å². The van der Waals surface area contributed by atoms with Gasteiger partial charge in [-0.2, -0.15) is 0 Å². The van der Waals surface area contributed by atoms with E-state index in [9.17, 15) is 13.9 Å². The standard InChI is InChI=1S/C20H37NO3.C6H12F2/c1-9-12-13-14-18(22)20(8,17(7)23-10-2)21-19(24-11-3)16(6)15(4)5;1-2-3-4-5-6(7)8/h9,12,15-16,18,22H,7,10-11,13-14H2,1-6,8H3;6H,2-5H2,1H3/b12-9+,21-19?;/t16?,18-,20-;/m1./s1. The van der Waals surface area contributed by atoms with Crippen LogP contribution in [0, 0.1) is 11.8 Å². The summed E-state index contributed by atoms with van der Waals surface area (Å²) in [5.41, 5.74) is -0.925. The molecule has 6 heteroatoms. The molecule has 0 aromatic heterocycles. The Morgan fingerprint density at radius 1 is 1.06 bits per heavy atom. The van der Waals surface area contributed by atoms with Crippen LogP contribution in [0.15, 0.2) is 29.5 Å². The van der Waals surface area contributed by atoms with Gasteiger partial charge in [-0.25, -0.2) is 13.8 Å². The number of allylic oxidation sites excluding steroid dienone is 2. The Morgan fingerprint density at radius 2 is 1.66 bits per heavy atom. The van der Waals surface area contributed by atoms with Gasteiger partial charge in [-0.15, -0.1) is 0 Å². The van der Waals surface area contributed by atoms with Crippen LogP contribution in [0.4, 0.5) is 8.78 Å². The van der Waals surface area contributed by atoms with E-state index >= 15 is 0 Å². The van der Waals surface area contributed by atoms with E-state index in [0.29, 0.717) is 43.6 Å². The second-order valence-electron chi connectivity index (χ2n) is 8.47. The summed E-state index contributed by atoms with van der Waals surface area (Å²) >= 11 is 0. The minimum Gasteiger partial charge on any atom is -0.496 e. The minimum absolute atomic E-state index is 0.0772. The average Bonchev–Trinajstić information content (AvgIpc) is 2.73. The second-order valence-corrected chi connectivity index (χ2v) is 8.47. The largest absolute Gasteiger partial charge is 0.496 e. The fraction of sp³-hybridized carbons (Fsp3) is 0.808. The van der Waals surface area contributed by atoms with Gasteiger partial charge >= 0.3 is 0 Å². The molecule has 32 heavy (non-hydrogen) atoms. The number of nitrogens with zero attached hydrogens (tertiary/aromatic N) is 1. The highest BCUT2D eigenvalue weighted by Gasteiger charge is 2.38. The van der Waals surface area contributed by atoms with Gasteiger partial charge in [-0.05, 0) is 52.9 Å². The number of aliphatic hydroxyl groups excluding tert-OH is 1. The number of hydrogen-bond acceptors (Lipinski definition) is 4. The molecule has 0 rings (SSSR count). The maximum absolute atomic E-state index is 11.4. The summed E-state index contributed by atoms with van der Waals surface area (Å²) < 4.78 is 34.1. The molecular weight excluding hydrogens is 412 g/mol. The predicted molar refractivity (Wildman–Crippen MR) is 132 cm³/mol. The first-order valence-corrected chi connectivity index (χ1v) is 12.1. The molecule has 0 heterocycles. The van der Waals surface area contributed by atoms with Crippen molar-refractivity contribution in [1.82, 2.24) is 0 Å². The van der Waals surface area contributed by atoms with E-state index in [-0.39, 0.29) is 12.3 Å². The molecule has 0 saturated heterocycles. The lowest BCUT2D eigenvalue weighted by Gasteiger charge is -2.34. The lowest BCUT2D eigenvalue weighted by Crippen LogP contribution is -2.42. The van der Waals surface area contributed by atoms with Gasteiger partial charge in [0, 0.05) is 12.3 Å². The molecule has 0 aromatic rings. The smallest absolute Gasteiger partial charge is 0.238 e. The van der Waals surface area contributed by atoms with Crippen LogP contribution in [0.2, 0.25) is 0 Å². The van der Waals surface area contributed by atoms with Crippen molar-refractivity contribution in [1.29, 1.82) is 0 Å². The molecule has 3 atom stereocenters. The summed E-state index contributed by atoms with van der Waals surface area (Å²) in [6.45, 7) is 21.1. The number of aliphatic hydroxyl groups is 1. The fourth-order valence-corrected chi connectivity index (χ4v) is 2.82. The molecule has 0 aliphatic rings. The molecule has 0 fully saturated rings. The van der Waals surface area contributed by atoms with Gasteiger partial charge in [0.2, 0.25) is 6.43 Å². The molecule has 0 bridgehead atoms. The summed E-state index contributed by atoms with van der Waals surface area (Å²) in [7, 11) is 0. The summed E-state index contributed by atoms with van der Waals surface area (Å²) in [5, 5.41) is 10.8. The van der Waals surface area contributed by atoms with Crippen LogP contribution in [0.3, 0.4) is 0 Å². The van der Waals surface area contributed by atoms with E-state index in [4.69, 9.17) is 14.5 Å². The van der Waals surface area contributed by atoms with Crippen molar-refractivity contribution in [2.45, 2.75) is 112 Å². The summed E-state index contributed by atoms with van der Waals surface area (Å²) in [4.78, 5) is 4.81. The molecule has 0 aliphatic heterocycles. The maximum Gasteiger partial charge on any atom is 0.238 e. The zero-order valence-electron chi connectivity index (χ0n) is 21.8. The van der Waals surface area contributed by atoms with Crippen molar-refractivity contribution < 1.29 is 23.4 Å². The minimum atomic E-state index is -2.10. The topological polar surface area (TPSA) is 51.0 Å². The normalized spacial score (nSPS) is 15.8. The van der Waals surface area contributed by atoms with E-state index in [2.05, 4.69) is 27.4 Å². The van der Waals surface area contributed by atoms with Crippen molar-refractivity contribution in [3.63, 3.8) is 0 Å². The SMILES string of the molecule is C=C(OCC)[C@@](C)(N=C(OCC)C(C)C(C)C)[C@H](O)CC/C=C/C.CCCCCC(F)F. The third-order valence-electron chi connectivity index (χ3n) is 5.42. The first-order valence-electron chi connectivity index (χ1n) is 12.1. The molecular formula is C26H49F2NO3. The average molecular weight is 462 g/mol. The van der Waals surface area contributed by atoms with Crippen LogP contribution in [0.5, 0.6) is 0 Å². The van der Waals surface area contributed by atoms with E-state index < -0.39 is 18.1 Å². The molecule has 190 valence electrons. The predicted octanol–water partition coefficient (Wildman–Crippen LogP) is 7.57. The molecule has 0 aliphatic carbocycles. The summed E-state index contributed by atoms with van der Waals surface area (Å²) in [6.07, 6.45) is 5.31. The van der Waals surface area contributed by atoms with E-state index in [1.807, 2.05) is 46.8 Å². The highest BCUT2D eigenvalue weighted by molar-refractivity contribution is 5.79. The Morgan fingerprint density at radius 3 is 2.09 bits per heavy atom. The lowest BCUT2D eigenvalue weighted by molar-refractivity contribution is 0.0621. The van der Waals surface area contributed by atoms with Gasteiger partial charge in [0.1, 0.15) is 11.3 Å². The van der Waals surface area contributed by atoms with Gasteiger partial charge in [-0.3, -0.25) is 0 Å². The Bertz CT molecular complexity index is 535. The molecule has 4 nitrogen and oxygen atoms in total. The molecule has 0 aromatic carbocycles. The summed E-state index contributed by atoms with van der Waals surface area (Å²) in [6, 6.07) is 0. The van der Waals surface area contributed by atoms with Crippen LogP contribution in [-0.2, 0) is 9.47 Å². The van der Waals surface area contributed by atoms with E-state index in [1.165, 1.54) is 0 Å². The van der Waals surface area contributed by atoms with Gasteiger partial charge in [-0.1, -0.05) is 59.3 Å². The van der Waals surface area contributed by atoms with Crippen molar-refractivity contribution in [2.75, 3.05) is 13.2 Å². The third-order valence-corrected chi connectivity index (χ3v) is 5.42. The third kappa shape index (κ3) is 13.9. The molecule has 0 amide bonds. The number of unbranched alkanes of at least 4 members (excludes halogenated alkanes) is 2. The number of hydrogen-bond donors (Lipinski definition) is 1. The van der Waals surface area contributed by atoms with Gasteiger partial charge in [0.25, 0.3) is 0 Å². The first-order chi connectivity index (χ1) is 15.0. The van der Waals surface area contributed by atoms with Crippen molar-refractivity contribution >= 4 is 5.90 Å². The van der Waals surface area contributed by atoms with Crippen LogP contribution >= 0.6 is 0 Å². The zero-order chi connectivity index (χ0) is 25.2. The van der Waals surface area contributed by atoms with Gasteiger partial charge < -0.3 is 14.6 Å². The number of aliphatic imine (C=N–C) groups is 1. The molecule has 1 unspecified atom stereocenters. The lowest BCUT2D eigenvalue weighted by atomic mass is 9.89. The number of rotatable bonds is 15. The van der Waals surface area contributed by atoms with Gasteiger partial charge in [0.05, 0.1) is 19.3 Å². The Balaban J connectivity index is 0. The Labute approximate surface area is 196 Å². The van der Waals surface area contributed by atoms with Crippen LogP contribution < -0.4 is 0 Å². The van der Waals surface area contributed by atoms with Gasteiger partial charge in [0.15, 0.2) is 5.90 Å². The van der Waals surface area contributed by atoms with Crippen LogP contribution in [0.1, 0.15) is 93.9 Å². The second kappa shape index (κ2) is 19.1. The number of halogens is 2. The van der Waals surface area contributed by atoms with Crippen LogP contribution in [-0.4, -0.2) is 42.3 Å². The van der Waals surface area contributed by atoms with Crippen LogP contribution in [0.25, 0.3) is 0 Å². The van der Waals surface area contributed by atoms with Crippen molar-refractivity contribution in [3.05, 3.63) is 24.5 Å². The number of alkyl halides is 2. The summed E-state index contributed by atoms with van der Waals surface area (Å²) in [5.74, 6) is 1.67. The Kier molecular flexibility index (Phi) is 19.5. The monoisotopic (exact) mass is 461 g/mol. The molecule has 0 saturated carbocycles. The highest BCUT2D eigenvalue weighted by Crippen LogP contribution is 2.30. The quantitative estimate of drug-likeness (QED) is 0.0899. The fourth-order valence-electron chi connectivity index (χ4n) is 2.82.